The Hall–Kier alpha value is -3.07. The molecule has 0 unspecified atom stereocenters. The molecule has 118 valence electrons. The van der Waals surface area contributed by atoms with Crippen LogP contribution in [0.4, 0.5) is 11.4 Å². The molecule has 0 fully saturated rings. The Kier molecular flexibility index (Phi) is 3.35. The molecule has 0 saturated heterocycles. The number of benzene rings is 3. The number of rotatable bonds is 2. The number of carbonyl (C=O) groups is 1. The predicted octanol–water partition coefficient (Wildman–Crippen LogP) is 4.60. The first-order valence-corrected chi connectivity index (χ1v) is 7.93. The zero-order valence-corrected chi connectivity index (χ0v) is 13.3. The van der Waals surface area contributed by atoms with Crippen molar-refractivity contribution in [3.63, 3.8) is 0 Å². The van der Waals surface area contributed by atoms with Gasteiger partial charge in [-0.25, -0.2) is 0 Å². The number of carbonyl (C=O) groups excluding carboxylic acids is 1. The summed E-state index contributed by atoms with van der Waals surface area (Å²) in [4.78, 5) is 12.1. The molecule has 3 nitrogen and oxygen atoms in total. The van der Waals surface area contributed by atoms with Crippen molar-refractivity contribution in [1.82, 2.24) is 0 Å². The van der Waals surface area contributed by atoms with E-state index >= 15 is 0 Å². The normalized spacial score (nSPS) is 14.0. The van der Waals surface area contributed by atoms with E-state index in [-0.39, 0.29) is 5.97 Å². The van der Waals surface area contributed by atoms with E-state index in [9.17, 15) is 4.79 Å². The second kappa shape index (κ2) is 5.53. The van der Waals surface area contributed by atoms with Gasteiger partial charge in [-0.2, -0.15) is 0 Å². The zero-order chi connectivity index (χ0) is 16.6. The second-order valence-corrected chi connectivity index (χ2v) is 5.86. The highest BCUT2D eigenvalue weighted by Gasteiger charge is 2.45. The minimum absolute atomic E-state index is 0.314. The van der Waals surface area contributed by atoms with Gasteiger partial charge in [-0.3, -0.25) is 4.79 Å². The van der Waals surface area contributed by atoms with Gasteiger partial charge in [0.05, 0.1) is 0 Å². The smallest absolute Gasteiger partial charge is 0.304 e. The third-order valence-electron chi connectivity index (χ3n) is 4.36. The average Bonchev–Trinajstić information content (AvgIpc) is 2.62. The van der Waals surface area contributed by atoms with Crippen LogP contribution in [0.15, 0.2) is 78.9 Å². The predicted molar refractivity (Wildman–Crippen MR) is 94.3 cm³/mol. The monoisotopic (exact) mass is 315 g/mol. The van der Waals surface area contributed by atoms with Crippen molar-refractivity contribution in [2.45, 2.75) is 12.5 Å². The molecule has 0 atom stereocenters. The van der Waals surface area contributed by atoms with E-state index in [1.165, 1.54) is 6.92 Å². The summed E-state index contributed by atoms with van der Waals surface area (Å²) in [5.74, 6) is -0.314. The number of para-hydroxylation sites is 2. The number of ether oxygens (including phenoxy) is 1. The van der Waals surface area contributed by atoms with Crippen molar-refractivity contribution in [2.24, 2.45) is 0 Å². The fourth-order valence-electron chi connectivity index (χ4n) is 3.46. The van der Waals surface area contributed by atoms with Crippen molar-refractivity contribution in [1.29, 1.82) is 0 Å². The van der Waals surface area contributed by atoms with Crippen molar-refractivity contribution >= 4 is 17.3 Å². The highest BCUT2D eigenvalue weighted by molar-refractivity contribution is 5.80. The van der Waals surface area contributed by atoms with Crippen molar-refractivity contribution in [3.8, 4) is 0 Å². The van der Waals surface area contributed by atoms with Crippen LogP contribution in [0.25, 0.3) is 0 Å². The Bertz CT molecular complexity index is 857. The molecule has 1 aliphatic rings. The molecule has 4 rings (SSSR count). The first-order chi connectivity index (χ1) is 11.7. The standard InChI is InChI=1S/C21H17NO2/c1-15(23)24-21(16-9-3-2-4-10-16)17-11-5-7-13-19(17)22-20-14-8-6-12-18(20)21/h2-14,22H,1H3. The summed E-state index contributed by atoms with van der Waals surface area (Å²) < 4.78 is 6.04. The third-order valence-corrected chi connectivity index (χ3v) is 4.36. The fraction of sp³-hybridized carbons (Fsp3) is 0.0952. The summed E-state index contributed by atoms with van der Waals surface area (Å²) in [6.07, 6.45) is 0. The SMILES string of the molecule is CC(=O)OC1(c2ccccc2)c2ccccc2Nc2ccccc21. The lowest BCUT2D eigenvalue weighted by molar-refractivity contribution is -0.150. The van der Waals surface area contributed by atoms with Gasteiger partial charge in [-0.1, -0.05) is 66.7 Å². The van der Waals surface area contributed by atoms with Crippen LogP contribution in [0, 0.1) is 0 Å². The van der Waals surface area contributed by atoms with E-state index in [1.54, 1.807) is 0 Å². The second-order valence-electron chi connectivity index (χ2n) is 5.86. The molecular weight excluding hydrogens is 298 g/mol. The lowest BCUT2D eigenvalue weighted by Crippen LogP contribution is -2.38. The van der Waals surface area contributed by atoms with Gasteiger partial charge in [0.1, 0.15) is 0 Å². The molecule has 3 aromatic rings. The van der Waals surface area contributed by atoms with Gasteiger partial charge in [0.25, 0.3) is 0 Å². The van der Waals surface area contributed by atoms with Crippen molar-refractivity contribution in [3.05, 3.63) is 95.6 Å². The molecule has 0 amide bonds. The van der Waals surface area contributed by atoms with Gasteiger partial charge in [-0.15, -0.1) is 0 Å². The maximum absolute atomic E-state index is 12.1. The van der Waals surface area contributed by atoms with E-state index in [0.717, 1.165) is 28.1 Å². The summed E-state index contributed by atoms with van der Waals surface area (Å²) >= 11 is 0. The van der Waals surface area contributed by atoms with Gasteiger partial charge < -0.3 is 10.1 Å². The highest BCUT2D eigenvalue weighted by atomic mass is 16.6. The fourth-order valence-corrected chi connectivity index (χ4v) is 3.46. The van der Waals surface area contributed by atoms with Crippen LogP contribution >= 0.6 is 0 Å². The largest absolute Gasteiger partial charge is 0.444 e. The summed E-state index contributed by atoms with van der Waals surface area (Å²) in [7, 11) is 0. The minimum atomic E-state index is -0.953. The minimum Gasteiger partial charge on any atom is -0.444 e. The molecule has 0 aromatic heterocycles. The molecule has 0 aliphatic carbocycles. The molecule has 24 heavy (non-hydrogen) atoms. The quantitative estimate of drug-likeness (QED) is 0.702. The van der Waals surface area contributed by atoms with Gasteiger partial charge in [0.2, 0.25) is 0 Å². The summed E-state index contributed by atoms with van der Waals surface area (Å²) in [6, 6.07) is 25.8. The first kappa shape index (κ1) is 14.5. The van der Waals surface area contributed by atoms with E-state index < -0.39 is 5.60 Å². The molecule has 0 bridgehead atoms. The molecule has 3 heteroatoms. The number of esters is 1. The molecule has 0 spiro atoms. The lowest BCUT2D eigenvalue weighted by atomic mass is 9.76. The number of anilines is 2. The van der Waals surface area contributed by atoms with Gasteiger partial charge in [0, 0.05) is 35.0 Å². The number of nitrogens with one attached hydrogen (secondary N) is 1. The van der Waals surface area contributed by atoms with Crippen LogP contribution in [0.5, 0.6) is 0 Å². The van der Waals surface area contributed by atoms with Crippen molar-refractivity contribution in [2.75, 3.05) is 5.32 Å². The molecule has 3 aromatic carbocycles. The molecule has 1 aliphatic heterocycles. The molecule has 0 radical (unpaired) electrons. The first-order valence-electron chi connectivity index (χ1n) is 7.93. The van der Waals surface area contributed by atoms with Crippen LogP contribution in [-0.2, 0) is 15.1 Å². The maximum Gasteiger partial charge on any atom is 0.304 e. The third kappa shape index (κ3) is 2.09. The Morgan fingerprint density at radius 1 is 0.792 bits per heavy atom. The van der Waals surface area contributed by atoms with E-state index in [0.29, 0.717) is 0 Å². The maximum atomic E-state index is 12.1. The highest BCUT2D eigenvalue weighted by Crippen LogP contribution is 2.50. The van der Waals surface area contributed by atoms with Crippen LogP contribution in [0.3, 0.4) is 0 Å². The van der Waals surface area contributed by atoms with Crippen molar-refractivity contribution < 1.29 is 9.53 Å². The Balaban J connectivity index is 2.10. The van der Waals surface area contributed by atoms with Crippen LogP contribution in [-0.4, -0.2) is 5.97 Å². The van der Waals surface area contributed by atoms with Gasteiger partial charge >= 0.3 is 5.97 Å². The topological polar surface area (TPSA) is 38.3 Å². The Labute approximate surface area is 140 Å². The van der Waals surface area contributed by atoms with Crippen LogP contribution in [0.1, 0.15) is 23.6 Å². The summed E-state index contributed by atoms with van der Waals surface area (Å²) in [5, 5.41) is 3.45. The Morgan fingerprint density at radius 3 is 1.83 bits per heavy atom. The average molecular weight is 315 g/mol. The van der Waals surface area contributed by atoms with Gasteiger partial charge in [-0.05, 0) is 12.1 Å². The number of fused-ring (bicyclic) bond motifs is 2. The number of hydrogen-bond acceptors (Lipinski definition) is 3. The molecular formula is C21H17NO2. The zero-order valence-electron chi connectivity index (χ0n) is 13.3. The summed E-state index contributed by atoms with van der Waals surface area (Å²) in [6.45, 7) is 1.46. The van der Waals surface area contributed by atoms with Crippen LogP contribution < -0.4 is 5.32 Å². The summed E-state index contributed by atoms with van der Waals surface area (Å²) in [5.41, 5.74) is 3.74. The molecule has 1 heterocycles. The van der Waals surface area contributed by atoms with Gasteiger partial charge in [0.15, 0.2) is 5.60 Å². The molecule has 0 saturated carbocycles. The molecule has 1 N–H and O–H groups in total. The van der Waals surface area contributed by atoms with E-state index in [1.807, 2.05) is 78.9 Å². The lowest BCUT2D eigenvalue weighted by Gasteiger charge is -2.40. The number of hydrogen-bond donors (Lipinski definition) is 1. The van der Waals surface area contributed by atoms with E-state index in [4.69, 9.17) is 4.74 Å². The van der Waals surface area contributed by atoms with Crippen LogP contribution in [0.2, 0.25) is 0 Å². The van der Waals surface area contributed by atoms with E-state index in [2.05, 4.69) is 5.32 Å². The Morgan fingerprint density at radius 2 is 1.29 bits per heavy atom.